The van der Waals surface area contributed by atoms with Crippen molar-refractivity contribution in [3.05, 3.63) is 12.0 Å². The minimum Gasteiger partial charge on any atom is -0.504 e. The molecule has 0 saturated heterocycles. The molecule has 0 aliphatic carbocycles. The van der Waals surface area contributed by atoms with Crippen LogP contribution in [0.1, 0.15) is 0 Å². The van der Waals surface area contributed by atoms with Crippen molar-refractivity contribution in [3.63, 3.8) is 0 Å². The fourth-order valence-corrected chi connectivity index (χ4v) is 0.378. The Balaban J connectivity index is 2.93. The number of aliphatic hydroxyl groups is 3. The van der Waals surface area contributed by atoms with Crippen LogP contribution in [0.25, 0.3) is 0 Å². The zero-order valence-corrected chi connectivity index (χ0v) is 4.24. The second-order valence-electron chi connectivity index (χ2n) is 1.58. The first-order chi connectivity index (χ1) is 4.05. The maximum Gasteiger partial charge on any atom is 0.380 e. The third-order valence-corrected chi connectivity index (χ3v) is 0.919. The topological polar surface area (TPSA) is 87.0 Å². The summed E-state index contributed by atoms with van der Waals surface area (Å²) in [4.78, 5) is 10.2. The van der Waals surface area contributed by atoms with Gasteiger partial charge in [0.2, 0.25) is 0 Å². The van der Waals surface area contributed by atoms with Crippen LogP contribution in [0.2, 0.25) is 0 Å². The third-order valence-electron chi connectivity index (χ3n) is 0.919. The summed E-state index contributed by atoms with van der Waals surface area (Å²) < 4.78 is 3.93. The van der Waals surface area contributed by atoms with Crippen molar-refractivity contribution in [2.45, 2.75) is 5.79 Å². The lowest BCUT2D eigenvalue weighted by molar-refractivity contribution is -0.189. The Morgan fingerprint density at radius 2 is 2.11 bits per heavy atom. The Kier molecular flexibility index (Phi) is 0.981. The number of hydrogen-bond acceptors (Lipinski definition) is 5. The van der Waals surface area contributed by atoms with Crippen LogP contribution in [0.5, 0.6) is 0 Å². The van der Waals surface area contributed by atoms with E-state index in [1.807, 2.05) is 0 Å². The molecular weight excluding hydrogens is 128 g/mol. The zero-order chi connectivity index (χ0) is 7.07. The van der Waals surface area contributed by atoms with Crippen LogP contribution in [0.4, 0.5) is 0 Å². The highest BCUT2D eigenvalue weighted by atomic mass is 16.6. The number of rotatable bonds is 0. The molecule has 1 rings (SSSR count). The standard InChI is InChI=1S/C4H4O5/c5-2-1-9-3(6)4(2,7)8/h1,5,7-8H. The molecule has 0 atom stereocenters. The van der Waals surface area contributed by atoms with Crippen LogP contribution in [0.15, 0.2) is 12.0 Å². The Labute approximate surface area is 49.8 Å². The molecule has 50 valence electrons. The van der Waals surface area contributed by atoms with Gasteiger partial charge in [-0.2, -0.15) is 0 Å². The highest BCUT2D eigenvalue weighted by molar-refractivity contribution is 5.83. The summed E-state index contributed by atoms with van der Waals surface area (Å²) in [5.74, 6) is -5.02. The lowest BCUT2D eigenvalue weighted by Gasteiger charge is -2.08. The van der Waals surface area contributed by atoms with E-state index in [2.05, 4.69) is 4.74 Å². The van der Waals surface area contributed by atoms with Gasteiger partial charge in [-0.05, 0) is 0 Å². The van der Waals surface area contributed by atoms with E-state index in [0.29, 0.717) is 6.26 Å². The lowest BCUT2D eigenvalue weighted by atomic mass is 10.3. The molecule has 0 aromatic rings. The normalized spacial score (nSPS) is 23.3. The second kappa shape index (κ2) is 1.46. The number of carbonyl (C=O) groups excluding carboxylic acids is 1. The fourth-order valence-electron chi connectivity index (χ4n) is 0.378. The van der Waals surface area contributed by atoms with E-state index in [1.165, 1.54) is 0 Å². The highest BCUT2D eigenvalue weighted by Crippen LogP contribution is 2.18. The van der Waals surface area contributed by atoms with E-state index in [-0.39, 0.29) is 0 Å². The van der Waals surface area contributed by atoms with E-state index in [4.69, 9.17) is 15.3 Å². The number of esters is 1. The zero-order valence-electron chi connectivity index (χ0n) is 4.24. The van der Waals surface area contributed by atoms with Gasteiger partial charge < -0.3 is 20.1 Å². The predicted octanol–water partition coefficient (Wildman–Crippen LogP) is -1.38. The quantitative estimate of drug-likeness (QED) is 0.279. The summed E-state index contributed by atoms with van der Waals surface area (Å²) in [5, 5.41) is 25.4. The van der Waals surface area contributed by atoms with Gasteiger partial charge in [-0.15, -0.1) is 0 Å². The Bertz CT molecular complexity index is 179. The van der Waals surface area contributed by atoms with Crippen LogP contribution in [-0.4, -0.2) is 27.1 Å². The van der Waals surface area contributed by atoms with Crippen molar-refractivity contribution in [3.8, 4) is 0 Å². The molecule has 1 aliphatic heterocycles. The molecule has 0 bridgehead atoms. The fraction of sp³-hybridized carbons (Fsp3) is 0.250. The monoisotopic (exact) mass is 132 g/mol. The van der Waals surface area contributed by atoms with Crippen molar-refractivity contribution in [1.82, 2.24) is 0 Å². The maximum atomic E-state index is 10.2. The molecular formula is C4H4O5. The van der Waals surface area contributed by atoms with Gasteiger partial charge >= 0.3 is 11.8 Å². The van der Waals surface area contributed by atoms with Crippen molar-refractivity contribution in [2.75, 3.05) is 0 Å². The Morgan fingerprint density at radius 1 is 1.56 bits per heavy atom. The Hall–Kier alpha value is -1.07. The van der Waals surface area contributed by atoms with Gasteiger partial charge in [0, 0.05) is 0 Å². The van der Waals surface area contributed by atoms with Crippen LogP contribution in [0.3, 0.4) is 0 Å². The molecule has 1 aliphatic rings. The van der Waals surface area contributed by atoms with Gasteiger partial charge in [0.25, 0.3) is 0 Å². The molecule has 0 fully saturated rings. The smallest absolute Gasteiger partial charge is 0.380 e. The summed E-state index contributed by atoms with van der Waals surface area (Å²) in [5.41, 5.74) is 0. The molecule has 0 spiro atoms. The molecule has 0 aromatic carbocycles. The number of cyclic esters (lactones) is 1. The van der Waals surface area contributed by atoms with Crippen molar-refractivity contribution in [1.29, 1.82) is 0 Å². The molecule has 9 heavy (non-hydrogen) atoms. The average molecular weight is 132 g/mol. The first-order valence-corrected chi connectivity index (χ1v) is 2.10. The van der Waals surface area contributed by atoms with Crippen LogP contribution >= 0.6 is 0 Å². The van der Waals surface area contributed by atoms with Crippen LogP contribution < -0.4 is 0 Å². The minimum atomic E-state index is -2.83. The van der Waals surface area contributed by atoms with E-state index in [1.54, 1.807) is 0 Å². The number of aliphatic hydroxyl groups excluding tert-OH is 1. The maximum absolute atomic E-state index is 10.2. The lowest BCUT2D eigenvalue weighted by Crippen LogP contribution is -2.36. The van der Waals surface area contributed by atoms with Gasteiger partial charge in [0.1, 0.15) is 6.26 Å². The average Bonchev–Trinajstić information content (AvgIpc) is 1.96. The predicted molar refractivity (Wildman–Crippen MR) is 24.0 cm³/mol. The largest absolute Gasteiger partial charge is 0.504 e. The summed E-state index contributed by atoms with van der Waals surface area (Å²) >= 11 is 0. The molecule has 0 amide bonds. The first-order valence-electron chi connectivity index (χ1n) is 2.10. The van der Waals surface area contributed by atoms with E-state index in [0.717, 1.165) is 0 Å². The number of ether oxygens (including phenoxy) is 1. The summed E-state index contributed by atoms with van der Waals surface area (Å²) in [6, 6.07) is 0. The van der Waals surface area contributed by atoms with Gasteiger partial charge in [0.15, 0.2) is 5.76 Å². The van der Waals surface area contributed by atoms with E-state index in [9.17, 15) is 4.79 Å². The van der Waals surface area contributed by atoms with Crippen LogP contribution in [0, 0.1) is 0 Å². The molecule has 0 unspecified atom stereocenters. The summed E-state index contributed by atoms with van der Waals surface area (Å²) in [6.07, 6.45) is 0.572. The van der Waals surface area contributed by atoms with Crippen molar-refractivity contribution >= 4 is 5.97 Å². The molecule has 5 nitrogen and oxygen atoms in total. The van der Waals surface area contributed by atoms with Gasteiger partial charge in [-0.1, -0.05) is 0 Å². The molecule has 1 heterocycles. The van der Waals surface area contributed by atoms with Gasteiger partial charge in [-0.25, -0.2) is 4.79 Å². The molecule has 0 aromatic heterocycles. The second-order valence-corrected chi connectivity index (χ2v) is 1.58. The SMILES string of the molecule is O=C1OC=C(O)C1(O)O. The molecule has 0 saturated carbocycles. The summed E-state index contributed by atoms with van der Waals surface area (Å²) in [7, 11) is 0. The van der Waals surface area contributed by atoms with Crippen LogP contribution in [-0.2, 0) is 9.53 Å². The van der Waals surface area contributed by atoms with Crippen molar-refractivity contribution in [2.24, 2.45) is 0 Å². The third kappa shape index (κ3) is 0.664. The van der Waals surface area contributed by atoms with Gasteiger partial charge in [-0.3, -0.25) is 0 Å². The van der Waals surface area contributed by atoms with E-state index < -0.39 is 17.5 Å². The molecule has 5 heteroatoms. The molecule has 3 N–H and O–H groups in total. The molecule has 0 radical (unpaired) electrons. The van der Waals surface area contributed by atoms with Crippen molar-refractivity contribution < 1.29 is 24.9 Å². The number of carbonyl (C=O) groups is 1. The minimum absolute atomic E-state index is 0.572. The Morgan fingerprint density at radius 3 is 2.22 bits per heavy atom. The summed E-state index contributed by atoms with van der Waals surface area (Å²) in [6.45, 7) is 0. The number of hydrogen-bond donors (Lipinski definition) is 3. The van der Waals surface area contributed by atoms with E-state index >= 15 is 0 Å². The van der Waals surface area contributed by atoms with Gasteiger partial charge in [0.05, 0.1) is 0 Å². The highest BCUT2D eigenvalue weighted by Gasteiger charge is 2.45. The first kappa shape index (κ1) is 6.06.